The molecule has 0 bridgehead atoms. The van der Waals surface area contributed by atoms with Gasteiger partial charge in [-0.15, -0.1) is 0 Å². The molecule has 1 aliphatic carbocycles. The van der Waals surface area contributed by atoms with Gasteiger partial charge in [0.15, 0.2) is 0 Å². The Morgan fingerprint density at radius 3 is 2.38 bits per heavy atom. The van der Waals surface area contributed by atoms with Crippen molar-refractivity contribution in [1.29, 1.82) is 0 Å². The molecule has 37 heavy (non-hydrogen) atoms. The fourth-order valence-electron chi connectivity index (χ4n) is 5.36. The van der Waals surface area contributed by atoms with Gasteiger partial charge in [0.2, 0.25) is 0 Å². The van der Waals surface area contributed by atoms with E-state index in [9.17, 15) is 4.79 Å². The zero-order chi connectivity index (χ0) is 25.2. The van der Waals surface area contributed by atoms with Crippen molar-refractivity contribution in [2.45, 2.75) is 38.0 Å². The molecular formula is C30H29N5O2. The van der Waals surface area contributed by atoms with Crippen LogP contribution in [-0.2, 0) is 0 Å². The summed E-state index contributed by atoms with van der Waals surface area (Å²) in [6.45, 7) is 0. The second kappa shape index (κ2) is 9.93. The predicted molar refractivity (Wildman–Crippen MR) is 147 cm³/mol. The highest BCUT2D eigenvalue weighted by atomic mass is 16.5. The minimum absolute atomic E-state index is 0.184. The second-order valence-electron chi connectivity index (χ2n) is 9.47. The van der Waals surface area contributed by atoms with Crippen molar-refractivity contribution >= 4 is 17.3 Å². The van der Waals surface area contributed by atoms with E-state index in [4.69, 9.17) is 9.84 Å². The summed E-state index contributed by atoms with van der Waals surface area (Å²) in [6, 6.07) is 23.3. The number of hydrogen-bond acceptors (Lipinski definition) is 5. The Morgan fingerprint density at radius 1 is 0.919 bits per heavy atom. The van der Waals surface area contributed by atoms with E-state index in [1.54, 1.807) is 17.8 Å². The number of nitrogens with zero attached hydrogens (tertiary/aromatic N) is 3. The van der Waals surface area contributed by atoms with Gasteiger partial charge in [-0.25, -0.2) is 4.98 Å². The maximum Gasteiger partial charge on any atom is 0.284 e. The molecule has 7 nitrogen and oxygen atoms in total. The average molecular weight is 492 g/mol. The van der Waals surface area contributed by atoms with E-state index in [1.165, 1.54) is 19.3 Å². The third-order valence-electron chi connectivity index (χ3n) is 7.18. The number of pyridine rings is 1. The van der Waals surface area contributed by atoms with Gasteiger partial charge in [-0.1, -0.05) is 67.8 Å². The van der Waals surface area contributed by atoms with Crippen LogP contribution in [0.4, 0.5) is 11.6 Å². The summed E-state index contributed by atoms with van der Waals surface area (Å²) in [5, 5.41) is 8.30. The summed E-state index contributed by atoms with van der Waals surface area (Å²) in [4.78, 5) is 22.2. The fourth-order valence-corrected chi connectivity index (χ4v) is 5.36. The highest BCUT2D eigenvalue weighted by Gasteiger charge is 2.28. The van der Waals surface area contributed by atoms with E-state index in [2.05, 4.69) is 27.4 Å². The fraction of sp³-hybridized carbons (Fsp3) is 0.233. The predicted octanol–water partition coefficient (Wildman–Crippen LogP) is 6.55. The minimum atomic E-state index is -0.184. The van der Waals surface area contributed by atoms with Crippen molar-refractivity contribution < 1.29 is 4.74 Å². The van der Waals surface area contributed by atoms with Crippen LogP contribution in [0.5, 0.6) is 5.75 Å². The standard InChI is InChI=1S/C30H29N5O2/c1-37-23-17-15-21(16-18-23)26-28(32-24-14-8-9-19-31-24)33-29-25(20-10-4-2-5-11-20)27(34-35(29)30(26)36)22-12-6-3-7-13-22/h3,6-9,12-20,33H,2,4-5,10-11H2,1H3,(H,31,32). The van der Waals surface area contributed by atoms with Gasteiger partial charge in [0.25, 0.3) is 5.56 Å². The lowest BCUT2D eigenvalue weighted by Gasteiger charge is -2.22. The SMILES string of the molecule is COc1ccc(-c2c(Nc3ccccn3)[nH]c3c(C4CCCCC4)c(-c4ccccc4)nn3c2=O)cc1. The average Bonchev–Trinajstić information content (AvgIpc) is 3.35. The van der Waals surface area contributed by atoms with Crippen LogP contribution in [0.2, 0.25) is 0 Å². The largest absolute Gasteiger partial charge is 0.497 e. The minimum Gasteiger partial charge on any atom is -0.497 e. The number of benzene rings is 2. The van der Waals surface area contributed by atoms with Gasteiger partial charge in [-0.2, -0.15) is 9.61 Å². The molecule has 5 aromatic rings. The van der Waals surface area contributed by atoms with Crippen LogP contribution in [0.25, 0.3) is 28.0 Å². The zero-order valence-electron chi connectivity index (χ0n) is 20.8. The van der Waals surface area contributed by atoms with E-state index in [0.29, 0.717) is 23.1 Å². The third kappa shape index (κ3) is 4.37. The maximum absolute atomic E-state index is 14.2. The molecule has 1 saturated carbocycles. The monoisotopic (exact) mass is 491 g/mol. The normalized spacial score (nSPS) is 14.1. The lowest BCUT2D eigenvalue weighted by Crippen LogP contribution is -2.20. The molecule has 1 fully saturated rings. The molecule has 0 spiro atoms. The van der Waals surface area contributed by atoms with Gasteiger partial charge in [-0.05, 0) is 48.6 Å². The van der Waals surface area contributed by atoms with Gasteiger partial charge in [-0.3, -0.25) is 4.79 Å². The number of ether oxygens (including phenoxy) is 1. The Hall–Kier alpha value is -4.39. The molecule has 3 aromatic heterocycles. The topological polar surface area (TPSA) is 84.3 Å². The van der Waals surface area contributed by atoms with E-state index in [0.717, 1.165) is 46.6 Å². The summed E-state index contributed by atoms with van der Waals surface area (Å²) in [6.07, 6.45) is 7.53. The molecule has 1 aliphatic rings. The first-order chi connectivity index (χ1) is 18.2. The van der Waals surface area contributed by atoms with Gasteiger partial charge in [0.1, 0.15) is 23.0 Å². The first kappa shape index (κ1) is 23.0. The molecular weight excluding hydrogens is 462 g/mol. The molecule has 2 aromatic carbocycles. The summed E-state index contributed by atoms with van der Waals surface area (Å²) in [7, 11) is 1.63. The van der Waals surface area contributed by atoms with Crippen LogP contribution in [0.1, 0.15) is 43.6 Å². The number of hydrogen-bond donors (Lipinski definition) is 2. The molecule has 6 rings (SSSR count). The molecule has 3 heterocycles. The zero-order valence-corrected chi connectivity index (χ0v) is 20.8. The van der Waals surface area contributed by atoms with Crippen LogP contribution >= 0.6 is 0 Å². The number of H-pyrrole nitrogens is 1. The maximum atomic E-state index is 14.2. The summed E-state index contributed by atoms with van der Waals surface area (Å²) >= 11 is 0. The third-order valence-corrected chi connectivity index (χ3v) is 7.18. The van der Waals surface area contributed by atoms with Crippen LogP contribution in [0.15, 0.2) is 83.8 Å². The van der Waals surface area contributed by atoms with Gasteiger partial charge in [0, 0.05) is 17.3 Å². The quantitative estimate of drug-likeness (QED) is 0.281. The highest BCUT2D eigenvalue weighted by Crippen LogP contribution is 2.40. The van der Waals surface area contributed by atoms with Crippen molar-refractivity contribution in [3.63, 3.8) is 0 Å². The lowest BCUT2D eigenvalue weighted by atomic mass is 9.83. The number of fused-ring (bicyclic) bond motifs is 1. The summed E-state index contributed by atoms with van der Waals surface area (Å²) in [5.74, 6) is 2.31. The van der Waals surface area contributed by atoms with Crippen molar-refractivity contribution in [3.05, 3.63) is 94.9 Å². The first-order valence-electron chi connectivity index (χ1n) is 12.8. The Labute approximate surface area is 215 Å². The van der Waals surface area contributed by atoms with Gasteiger partial charge >= 0.3 is 0 Å². The molecule has 7 heteroatoms. The number of nitrogens with one attached hydrogen (secondary N) is 2. The summed E-state index contributed by atoms with van der Waals surface area (Å²) in [5.41, 5.74) is 4.83. The number of methoxy groups -OCH3 is 1. The van der Waals surface area contributed by atoms with Crippen LogP contribution in [0.3, 0.4) is 0 Å². The molecule has 0 atom stereocenters. The van der Waals surface area contributed by atoms with Crippen molar-refractivity contribution in [3.8, 4) is 28.1 Å². The number of aromatic amines is 1. The summed E-state index contributed by atoms with van der Waals surface area (Å²) < 4.78 is 6.89. The number of anilines is 2. The molecule has 0 amide bonds. The van der Waals surface area contributed by atoms with Crippen LogP contribution < -0.4 is 15.6 Å². The second-order valence-corrected chi connectivity index (χ2v) is 9.47. The Balaban J connectivity index is 1.62. The van der Waals surface area contributed by atoms with Crippen LogP contribution in [-0.4, -0.2) is 26.7 Å². The smallest absolute Gasteiger partial charge is 0.284 e. The van der Waals surface area contributed by atoms with Crippen molar-refractivity contribution in [1.82, 2.24) is 19.6 Å². The number of rotatable bonds is 6. The number of aromatic nitrogens is 4. The molecule has 186 valence electrons. The van der Waals surface area contributed by atoms with Crippen LogP contribution in [0, 0.1) is 0 Å². The van der Waals surface area contributed by atoms with Gasteiger partial charge in [0.05, 0.1) is 18.4 Å². The Morgan fingerprint density at radius 2 is 1.68 bits per heavy atom. The molecule has 0 unspecified atom stereocenters. The Bertz CT molecular complexity index is 1570. The molecule has 0 saturated heterocycles. The van der Waals surface area contributed by atoms with Crippen molar-refractivity contribution in [2.75, 3.05) is 12.4 Å². The first-order valence-corrected chi connectivity index (χ1v) is 12.8. The molecule has 2 N–H and O–H groups in total. The highest BCUT2D eigenvalue weighted by molar-refractivity contribution is 5.81. The van der Waals surface area contributed by atoms with E-state index >= 15 is 0 Å². The van der Waals surface area contributed by atoms with E-state index < -0.39 is 0 Å². The molecule has 0 radical (unpaired) electrons. The van der Waals surface area contributed by atoms with Gasteiger partial charge < -0.3 is 15.0 Å². The van der Waals surface area contributed by atoms with Crippen molar-refractivity contribution in [2.24, 2.45) is 0 Å². The molecule has 0 aliphatic heterocycles. The Kier molecular flexibility index (Phi) is 6.18. The lowest BCUT2D eigenvalue weighted by molar-refractivity contribution is 0.415. The van der Waals surface area contributed by atoms with E-state index in [1.807, 2.05) is 60.7 Å². The van der Waals surface area contributed by atoms with E-state index in [-0.39, 0.29) is 5.56 Å².